The van der Waals surface area contributed by atoms with Crippen LogP contribution in [-0.4, -0.2) is 43.7 Å². The van der Waals surface area contributed by atoms with Crippen LogP contribution in [0.5, 0.6) is 0 Å². The number of hydrogen-bond acceptors (Lipinski definition) is 3. The summed E-state index contributed by atoms with van der Waals surface area (Å²) in [6.07, 6.45) is 2.04. The zero-order valence-electron chi connectivity index (χ0n) is 12.7. The number of ether oxygens (including phenoxy) is 1. The first-order chi connectivity index (χ1) is 10.2. The topological polar surface area (TPSA) is 55.6 Å². The largest absolute Gasteiger partial charge is 0.381 e. The van der Waals surface area contributed by atoms with Gasteiger partial charge in [-0.1, -0.05) is 17.9 Å². The summed E-state index contributed by atoms with van der Waals surface area (Å²) in [6, 6.07) is 5.75. The molecular weight excluding hydrogens is 264 g/mol. The van der Waals surface area contributed by atoms with E-state index in [0.29, 0.717) is 12.1 Å². The van der Waals surface area contributed by atoms with Gasteiger partial charge in [0.05, 0.1) is 18.2 Å². The molecule has 1 heterocycles. The van der Waals surface area contributed by atoms with Crippen LogP contribution in [0.1, 0.15) is 34.3 Å². The Balaban J connectivity index is 2.19. The molecule has 1 aliphatic heterocycles. The Bertz CT molecular complexity index is 564. The highest BCUT2D eigenvalue weighted by atomic mass is 16.5. The predicted molar refractivity (Wildman–Crippen MR) is 83.0 cm³/mol. The number of methoxy groups -OCH3 is 1. The van der Waals surface area contributed by atoms with Crippen molar-refractivity contribution >= 4 is 5.91 Å². The van der Waals surface area contributed by atoms with Crippen LogP contribution >= 0.6 is 0 Å². The van der Waals surface area contributed by atoms with E-state index < -0.39 is 0 Å². The number of amides is 1. The highest BCUT2D eigenvalue weighted by Gasteiger charge is 2.24. The maximum absolute atomic E-state index is 12.7. The maximum atomic E-state index is 12.7. The van der Waals surface area contributed by atoms with Gasteiger partial charge in [0.15, 0.2) is 0 Å². The summed E-state index contributed by atoms with van der Waals surface area (Å²) in [5, 5.41) is 0. The minimum absolute atomic E-state index is 0.0471. The van der Waals surface area contributed by atoms with Gasteiger partial charge in [-0.3, -0.25) is 4.79 Å². The van der Waals surface area contributed by atoms with Gasteiger partial charge in [-0.2, -0.15) is 0 Å². The number of rotatable bonds is 2. The van der Waals surface area contributed by atoms with Crippen LogP contribution in [0.3, 0.4) is 0 Å². The van der Waals surface area contributed by atoms with E-state index >= 15 is 0 Å². The molecule has 0 aromatic heterocycles. The van der Waals surface area contributed by atoms with E-state index in [2.05, 4.69) is 11.8 Å². The van der Waals surface area contributed by atoms with Crippen LogP contribution in [0.4, 0.5) is 0 Å². The third-order valence-corrected chi connectivity index (χ3v) is 3.79. The molecule has 112 valence electrons. The van der Waals surface area contributed by atoms with Crippen molar-refractivity contribution in [3.05, 3.63) is 34.9 Å². The van der Waals surface area contributed by atoms with Gasteiger partial charge in [0.25, 0.3) is 5.91 Å². The zero-order chi connectivity index (χ0) is 15.2. The van der Waals surface area contributed by atoms with E-state index in [1.807, 2.05) is 30.0 Å². The fourth-order valence-electron chi connectivity index (χ4n) is 2.56. The second-order valence-electron chi connectivity index (χ2n) is 5.28. The zero-order valence-corrected chi connectivity index (χ0v) is 12.7. The molecule has 0 atom stereocenters. The molecule has 1 aromatic rings. The second-order valence-corrected chi connectivity index (χ2v) is 5.28. The average Bonchev–Trinajstić information content (AvgIpc) is 2.52. The van der Waals surface area contributed by atoms with E-state index in [0.717, 1.165) is 37.1 Å². The average molecular weight is 286 g/mol. The Morgan fingerprint density at radius 1 is 1.43 bits per heavy atom. The summed E-state index contributed by atoms with van der Waals surface area (Å²) >= 11 is 0. The van der Waals surface area contributed by atoms with Gasteiger partial charge in [0.1, 0.15) is 0 Å². The van der Waals surface area contributed by atoms with Crippen molar-refractivity contribution in [2.45, 2.75) is 25.9 Å². The highest BCUT2D eigenvalue weighted by Crippen LogP contribution is 2.18. The molecule has 1 amide bonds. The van der Waals surface area contributed by atoms with Crippen molar-refractivity contribution in [3.8, 4) is 11.8 Å². The number of carbonyl (C=O) groups excluding carboxylic acids is 1. The number of nitrogens with two attached hydrogens (primary N) is 1. The molecule has 2 N–H and O–H groups in total. The van der Waals surface area contributed by atoms with Gasteiger partial charge in [-0.05, 0) is 37.5 Å². The Morgan fingerprint density at radius 3 is 2.76 bits per heavy atom. The van der Waals surface area contributed by atoms with Gasteiger partial charge in [-0.25, -0.2) is 0 Å². The number of benzene rings is 1. The van der Waals surface area contributed by atoms with Gasteiger partial charge in [0, 0.05) is 25.8 Å². The standard InChI is InChI=1S/C17H22N2O2/c1-13-5-6-16(14(12-13)4-3-9-18)17(20)19-10-7-15(21-2)8-11-19/h5-6,12,15H,7-11,18H2,1-2H3. The van der Waals surface area contributed by atoms with Crippen LogP contribution < -0.4 is 5.73 Å². The number of carbonyl (C=O) groups is 1. The lowest BCUT2D eigenvalue weighted by atomic mass is 10.0. The van der Waals surface area contributed by atoms with Crippen LogP contribution in [0.25, 0.3) is 0 Å². The lowest BCUT2D eigenvalue weighted by molar-refractivity contribution is 0.0350. The lowest BCUT2D eigenvalue weighted by Crippen LogP contribution is -2.40. The SMILES string of the molecule is COC1CCN(C(=O)c2ccc(C)cc2C#CCN)CC1. The number of nitrogens with zero attached hydrogens (tertiary/aromatic N) is 1. The van der Waals surface area contributed by atoms with Gasteiger partial charge < -0.3 is 15.4 Å². The monoisotopic (exact) mass is 286 g/mol. The molecule has 0 saturated carbocycles. The van der Waals surface area contributed by atoms with Gasteiger partial charge in [0.2, 0.25) is 0 Å². The van der Waals surface area contributed by atoms with E-state index in [1.165, 1.54) is 0 Å². The third-order valence-electron chi connectivity index (χ3n) is 3.79. The van der Waals surface area contributed by atoms with E-state index in [-0.39, 0.29) is 12.0 Å². The summed E-state index contributed by atoms with van der Waals surface area (Å²) in [5.74, 6) is 5.89. The van der Waals surface area contributed by atoms with Crippen molar-refractivity contribution in [2.24, 2.45) is 5.73 Å². The van der Waals surface area contributed by atoms with Gasteiger partial charge in [-0.15, -0.1) is 0 Å². The summed E-state index contributed by atoms with van der Waals surface area (Å²) in [4.78, 5) is 14.6. The Labute approximate surface area is 126 Å². The second kappa shape index (κ2) is 7.26. The molecule has 2 rings (SSSR count). The molecule has 0 aliphatic carbocycles. The number of piperidine rings is 1. The van der Waals surface area contributed by atoms with Crippen molar-refractivity contribution in [3.63, 3.8) is 0 Å². The summed E-state index contributed by atoms with van der Waals surface area (Å²) in [5.41, 5.74) is 7.95. The number of likely N-dealkylation sites (tertiary alicyclic amines) is 1. The van der Waals surface area contributed by atoms with Crippen molar-refractivity contribution in [1.29, 1.82) is 0 Å². The molecule has 0 bridgehead atoms. The van der Waals surface area contributed by atoms with Crippen molar-refractivity contribution in [1.82, 2.24) is 4.90 Å². The first-order valence-corrected chi connectivity index (χ1v) is 7.27. The smallest absolute Gasteiger partial charge is 0.255 e. The van der Waals surface area contributed by atoms with Gasteiger partial charge >= 0.3 is 0 Å². The number of aryl methyl sites for hydroxylation is 1. The molecule has 1 aliphatic rings. The van der Waals surface area contributed by atoms with Crippen LogP contribution in [0.15, 0.2) is 18.2 Å². The Morgan fingerprint density at radius 2 is 2.14 bits per heavy atom. The molecule has 1 fully saturated rings. The Hall–Kier alpha value is -1.83. The molecule has 0 spiro atoms. The van der Waals surface area contributed by atoms with Crippen LogP contribution in [-0.2, 0) is 4.74 Å². The first kappa shape index (κ1) is 15.6. The fourth-order valence-corrected chi connectivity index (χ4v) is 2.56. The van der Waals surface area contributed by atoms with E-state index in [4.69, 9.17) is 10.5 Å². The molecular formula is C17H22N2O2. The molecule has 1 saturated heterocycles. The third kappa shape index (κ3) is 3.84. The summed E-state index contributed by atoms with van der Waals surface area (Å²) < 4.78 is 5.34. The van der Waals surface area contributed by atoms with Crippen LogP contribution in [0, 0.1) is 18.8 Å². The molecule has 0 radical (unpaired) electrons. The molecule has 0 unspecified atom stereocenters. The molecule has 4 nitrogen and oxygen atoms in total. The minimum Gasteiger partial charge on any atom is -0.381 e. The Kier molecular flexibility index (Phi) is 5.38. The van der Waals surface area contributed by atoms with E-state index in [9.17, 15) is 4.79 Å². The lowest BCUT2D eigenvalue weighted by Gasteiger charge is -2.31. The minimum atomic E-state index is 0.0471. The van der Waals surface area contributed by atoms with Crippen LogP contribution in [0.2, 0.25) is 0 Å². The summed E-state index contributed by atoms with van der Waals surface area (Å²) in [6.45, 7) is 3.75. The van der Waals surface area contributed by atoms with Crippen molar-refractivity contribution < 1.29 is 9.53 Å². The quantitative estimate of drug-likeness (QED) is 0.839. The van der Waals surface area contributed by atoms with E-state index in [1.54, 1.807) is 7.11 Å². The molecule has 1 aromatic carbocycles. The fraction of sp³-hybridized carbons (Fsp3) is 0.471. The first-order valence-electron chi connectivity index (χ1n) is 7.27. The molecule has 4 heteroatoms. The summed E-state index contributed by atoms with van der Waals surface area (Å²) in [7, 11) is 1.72. The molecule has 21 heavy (non-hydrogen) atoms. The number of hydrogen-bond donors (Lipinski definition) is 1. The normalized spacial score (nSPS) is 15.5. The highest BCUT2D eigenvalue weighted by molar-refractivity contribution is 5.97. The van der Waals surface area contributed by atoms with Crippen molar-refractivity contribution in [2.75, 3.05) is 26.7 Å². The maximum Gasteiger partial charge on any atom is 0.255 e. The predicted octanol–water partition coefficient (Wildman–Crippen LogP) is 1.56.